The predicted octanol–water partition coefficient (Wildman–Crippen LogP) is 3.92. The Morgan fingerprint density at radius 3 is 2.62 bits per heavy atom. The van der Waals surface area contributed by atoms with E-state index in [2.05, 4.69) is 9.97 Å². The number of ether oxygens (including phenoxy) is 1. The van der Waals surface area contributed by atoms with E-state index in [1.807, 2.05) is 0 Å². The maximum Gasteiger partial charge on any atom is 0.350 e. The standard InChI is InChI=1S/C26H22N4O6S/c1-4-36-25(35)23-14(3)28-26(37-23)30-20(15-8-7-9-16(31)12-15)18(22(33)24(30)34)21(32)19-13(2)27-17-10-5-6-11-29(17)19/h5-12,20,31-32H,4H2,1-3H3. The number of benzene rings is 1. The Morgan fingerprint density at radius 2 is 1.89 bits per heavy atom. The van der Waals surface area contributed by atoms with Gasteiger partial charge in [0.15, 0.2) is 10.9 Å². The number of nitrogens with zero attached hydrogens (tertiary/aromatic N) is 4. The maximum absolute atomic E-state index is 13.5. The number of fused-ring (bicyclic) bond motifs is 1. The number of hydrogen-bond donors (Lipinski definition) is 2. The van der Waals surface area contributed by atoms with Crippen molar-refractivity contribution in [1.82, 2.24) is 14.4 Å². The first-order valence-electron chi connectivity index (χ1n) is 11.4. The van der Waals surface area contributed by atoms with Crippen molar-refractivity contribution in [2.45, 2.75) is 26.8 Å². The Balaban J connectivity index is 1.75. The number of pyridine rings is 1. The number of phenolic OH excluding ortho intramolecular Hbond substituents is 1. The molecule has 0 radical (unpaired) electrons. The summed E-state index contributed by atoms with van der Waals surface area (Å²) in [6.45, 7) is 5.14. The van der Waals surface area contributed by atoms with Crippen LogP contribution < -0.4 is 4.90 Å². The summed E-state index contributed by atoms with van der Waals surface area (Å²) in [7, 11) is 0. The molecule has 1 saturated heterocycles. The molecule has 1 aromatic carbocycles. The SMILES string of the molecule is CCOC(=O)c1sc(N2C(=O)C(=O)C(=C(O)c3c(C)nc4ccccn34)C2c2cccc(O)c2)nc1C. The molecular weight excluding hydrogens is 496 g/mol. The van der Waals surface area contributed by atoms with Crippen LogP contribution in [-0.4, -0.2) is 48.8 Å². The van der Waals surface area contributed by atoms with Crippen LogP contribution in [-0.2, 0) is 14.3 Å². The number of aryl methyl sites for hydroxylation is 2. The van der Waals surface area contributed by atoms with E-state index in [1.165, 1.54) is 12.1 Å². The van der Waals surface area contributed by atoms with E-state index >= 15 is 0 Å². The number of amides is 1. The third-order valence-electron chi connectivity index (χ3n) is 6.01. The van der Waals surface area contributed by atoms with E-state index in [0.29, 0.717) is 22.6 Å². The van der Waals surface area contributed by atoms with Gasteiger partial charge in [-0.2, -0.15) is 0 Å². The number of aromatic nitrogens is 3. The first-order valence-corrected chi connectivity index (χ1v) is 12.2. The van der Waals surface area contributed by atoms with E-state index in [0.717, 1.165) is 16.2 Å². The number of hydrogen-bond acceptors (Lipinski definition) is 9. The van der Waals surface area contributed by atoms with Gasteiger partial charge in [0.25, 0.3) is 5.78 Å². The molecule has 5 rings (SSSR count). The van der Waals surface area contributed by atoms with Crippen molar-refractivity contribution in [3.8, 4) is 5.75 Å². The Bertz CT molecular complexity index is 1620. The van der Waals surface area contributed by atoms with E-state index in [-0.39, 0.29) is 33.6 Å². The Morgan fingerprint density at radius 1 is 1.11 bits per heavy atom. The van der Waals surface area contributed by atoms with Gasteiger partial charge < -0.3 is 14.9 Å². The first kappa shape index (κ1) is 24.2. The normalized spacial score (nSPS) is 17.1. The molecule has 10 nitrogen and oxygen atoms in total. The zero-order valence-electron chi connectivity index (χ0n) is 20.1. The zero-order valence-corrected chi connectivity index (χ0v) is 20.9. The van der Waals surface area contributed by atoms with Crippen LogP contribution in [0, 0.1) is 13.8 Å². The molecule has 1 unspecified atom stereocenters. The molecule has 0 bridgehead atoms. The number of rotatable bonds is 5. The summed E-state index contributed by atoms with van der Waals surface area (Å²) in [5.74, 6) is -2.94. The first-order chi connectivity index (χ1) is 17.7. The number of imidazole rings is 1. The van der Waals surface area contributed by atoms with Gasteiger partial charge in [-0.05, 0) is 50.6 Å². The lowest BCUT2D eigenvalue weighted by Gasteiger charge is -2.23. The molecule has 1 amide bonds. The Hall–Kier alpha value is -4.51. The maximum atomic E-state index is 13.5. The van der Waals surface area contributed by atoms with Crippen LogP contribution in [0.1, 0.15) is 45.3 Å². The van der Waals surface area contributed by atoms with Crippen LogP contribution in [0.3, 0.4) is 0 Å². The van der Waals surface area contributed by atoms with Crippen molar-refractivity contribution in [2.24, 2.45) is 0 Å². The second kappa shape index (κ2) is 9.17. The molecular formula is C26H22N4O6S. The number of thiazole rings is 1. The number of ketones is 1. The molecule has 1 fully saturated rings. The summed E-state index contributed by atoms with van der Waals surface area (Å²) < 4.78 is 6.72. The molecule has 3 aromatic heterocycles. The Kier molecular flexibility index (Phi) is 6.00. The lowest BCUT2D eigenvalue weighted by molar-refractivity contribution is -0.132. The molecule has 2 N–H and O–H groups in total. The summed E-state index contributed by atoms with van der Waals surface area (Å²) in [6.07, 6.45) is 1.69. The van der Waals surface area contributed by atoms with Crippen molar-refractivity contribution in [3.05, 3.63) is 81.8 Å². The average molecular weight is 519 g/mol. The number of carbonyl (C=O) groups is 3. The van der Waals surface area contributed by atoms with Gasteiger partial charge in [0.2, 0.25) is 0 Å². The number of aliphatic hydroxyl groups is 1. The molecule has 1 aliphatic heterocycles. The van der Waals surface area contributed by atoms with E-state index < -0.39 is 29.5 Å². The topological polar surface area (TPSA) is 134 Å². The van der Waals surface area contributed by atoms with E-state index in [4.69, 9.17) is 4.74 Å². The summed E-state index contributed by atoms with van der Waals surface area (Å²) >= 11 is 0.913. The minimum atomic E-state index is -1.12. The molecule has 0 aliphatic carbocycles. The summed E-state index contributed by atoms with van der Waals surface area (Å²) in [5.41, 5.74) is 1.81. The quantitative estimate of drug-likeness (QED) is 0.176. The van der Waals surface area contributed by atoms with Crippen LogP contribution in [0.5, 0.6) is 5.75 Å². The molecule has 4 aromatic rings. The predicted molar refractivity (Wildman–Crippen MR) is 136 cm³/mol. The highest BCUT2D eigenvalue weighted by atomic mass is 32.1. The molecule has 188 valence electrons. The second-order valence-electron chi connectivity index (χ2n) is 8.37. The molecule has 4 heterocycles. The van der Waals surface area contributed by atoms with Crippen molar-refractivity contribution in [3.63, 3.8) is 0 Å². The number of anilines is 1. The lowest BCUT2D eigenvalue weighted by atomic mass is 9.96. The number of aliphatic hydroxyl groups excluding tert-OH is 1. The monoisotopic (exact) mass is 518 g/mol. The highest BCUT2D eigenvalue weighted by Gasteiger charge is 2.49. The van der Waals surface area contributed by atoms with Crippen molar-refractivity contribution in [1.29, 1.82) is 0 Å². The van der Waals surface area contributed by atoms with Gasteiger partial charge >= 0.3 is 11.9 Å². The summed E-state index contributed by atoms with van der Waals surface area (Å²) in [4.78, 5) is 49.5. The van der Waals surface area contributed by atoms with Crippen LogP contribution in [0.15, 0.2) is 54.2 Å². The van der Waals surface area contributed by atoms with Gasteiger partial charge in [-0.1, -0.05) is 29.5 Å². The van der Waals surface area contributed by atoms with Gasteiger partial charge in [-0.15, -0.1) is 0 Å². The van der Waals surface area contributed by atoms with Gasteiger partial charge in [-0.25, -0.2) is 14.8 Å². The second-order valence-corrected chi connectivity index (χ2v) is 9.35. The Labute approximate surface area is 215 Å². The number of phenols is 1. The van der Waals surface area contributed by atoms with Gasteiger partial charge in [-0.3, -0.25) is 18.9 Å². The largest absolute Gasteiger partial charge is 0.508 e. The van der Waals surface area contributed by atoms with E-state index in [9.17, 15) is 24.6 Å². The zero-order chi connectivity index (χ0) is 26.4. The fourth-order valence-electron chi connectivity index (χ4n) is 4.44. The van der Waals surface area contributed by atoms with Crippen LogP contribution in [0.2, 0.25) is 0 Å². The summed E-state index contributed by atoms with van der Waals surface area (Å²) in [5, 5.41) is 21.8. The minimum Gasteiger partial charge on any atom is -0.508 e. The average Bonchev–Trinajstić information content (AvgIpc) is 3.49. The van der Waals surface area contributed by atoms with Crippen LogP contribution >= 0.6 is 11.3 Å². The lowest BCUT2D eigenvalue weighted by Crippen LogP contribution is -2.29. The number of esters is 1. The van der Waals surface area contributed by atoms with Crippen LogP contribution in [0.25, 0.3) is 11.4 Å². The summed E-state index contributed by atoms with van der Waals surface area (Å²) in [6, 6.07) is 10.2. The van der Waals surface area contributed by atoms with Crippen molar-refractivity contribution in [2.75, 3.05) is 11.5 Å². The smallest absolute Gasteiger partial charge is 0.350 e. The van der Waals surface area contributed by atoms with Crippen LogP contribution in [0.4, 0.5) is 5.13 Å². The molecule has 0 spiro atoms. The molecule has 11 heteroatoms. The third-order valence-corrected chi connectivity index (χ3v) is 7.15. The molecule has 0 saturated carbocycles. The molecule has 37 heavy (non-hydrogen) atoms. The minimum absolute atomic E-state index is 0.0865. The van der Waals surface area contributed by atoms with Gasteiger partial charge in [0.1, 0.15) is 22.0 Å². The van der Waals surface area contributed by atoms with Crippen molar-refractivity contribution < 1.29 is 29.3 Å². The fraction of sp³-hybridized carbons (Fsp3) is 0.192. The third kappa shape index (κ3) is 3.93. The number of Topliss-reactive ketones (excluding diaryl/α,β-unsaturated/α-hetero) is 1. The van der Waals surface area contributed by atoms with E-state index in [1.54, 1.807) is 61.7 Å². The number of aromatic hydroxyl groups is 1. The molecule has 1 aliphatic rings. The highest BCUT2D eigenvalue weighted by Crippen LogP contribution is 2.44. The van der Waals surface area contributed by atoms with Gasteiger partial charge in [0.05, 0.1) is 29.6 Å². The molecule has 1 atom stereocenters. The highest BCUT2D eigenvalue weighted by molar-refractivity contribution is 7.17. The fourth-order valence-corrected chi connectivity index (χ4v) is 5.43. The van der Waals surface area contributed by atoms with Gasteiger partial charge in [0, 0.05) is 6.20 Å². The van der Waals surface area contributed by atoms with Crippen molar-refractivity contribution >= 4 is 45.5 Å². The number of carbonyl (C=O) groups excluding carboxylic acids is 3.